The predicted octanol–water partition coefficient (Wildman–Crippen LogP) is 2.34. The van der Waals surface area contributed by atoms with Crippen LogP contribution in [0.2, 0.25) is 0 Å². The summed E-state index contributed by atoms with van der Waals surface area (Å²) in [7, 11) is 0. The molecule has 0 saturated heterocycles. The summed E-state index contributed by atoms with van der Waals surface area (Å²) in [5, 5.41) is 5.85. The number of ether oxygens (including phenoxy) is 1. The van der Waals surface area contributed by atoms with E-state index in [2.05, 4.69) is 20.6 Å². The standard InChI is InChI=1S/C18H22N4O3S/c1-4-25-15-7-5-14(6-8-15)22-16(23)10-19-17(24)11-26-18-20-12(2)9-13(3)21-18/h5-9H,4,10-11H2,1-3H3,(H,19,24)(H,22,23). The molecule has 0 aliphatic rings. The van der Waals surface area contributed by atoms with E-state index in [9.17, 15) is 9.59 Å². The number of aryl methyl sites for hydroxylation is 2. The molecule has 7 nitrogen and oxygen atoms in total. The zero-order chi connectivity index (χ0) is 18.9. The summed E-state index contributed by atoms with van der Waals surface area (Å²) >= 11 is 1.24. The van der Waals surface area contributed by atoms with E-state index >= 15 is 0 Å². The minimum atomic E-state index is -0.296. The van der Waals surface area contributed by atoms with Crippen LogP contribution in [-0.4, -0.2) is 40.7 Å². The van der Waals surface area contributed by atoms with E-state index < -0.39 is 0 Å². The van der Waals surface area contributed by atoms with Crippen LogP contribution < -0.4 is 15.4 Å². The number of carbonyl (C=O) groups excluding carboxylic acids is 2. The van der Waals surface area contributed by atoms with E-state index in [4.69, 9.17) is 4.74 Å². The molecule has 1 heterocycles. The van der Waals surface area contributed by atoms with Gasteiger partial charge in [0.15, 0.2) is 5.16 Å². The number of hydrogen-bond acceptors (Lipinski definition) is 6. The molecule has 1 aromatic carbocycles. The van der Waals surface area contributed by atoms with Gasteiger partial charge >= 0.3 is 0 Å². The highest BCUT2D eigenvalue weighted by molar-refractivity contribution is 7.99. The summed E-state index contributed by atoms with van der Waals surface area (Å²) in [5.41, 5.74) is 2.36. The molecule has 0 aliphatic heterocycles. The summed E-state index contributed by atoms with van der Waals surface area (Å²) in [6.45, 7) is 6.15. The molecule has 138 valence electrons. The average Bonchev–Trinajstić information content (AvgIpc) is 2.59. The summed E-state index contributed by atoms with van der Waals surface area (Å²) in [6.07, 6.45) is 0. The molecule has 0 radical (unpaired) electrons. The highest BCUT2D eigenvalue weighted by Gasteiger charge is 2.08. The lowest BCUT2D eigenvalue weighted by molar-refractivity contribution is -0.122. The summed E-state index contributed by atoms with van der Waals surface area (Å²) in [5.74, 6) is 0.346. The van der Waals surface area contributed by atoms with Crippen molar-refractivity contribution in [2.45, 2.75) is 25.9 Å². The van der Waals surface area contributed by atoms with Gasteiger partial charge in [0.25, 0.3) is 0 Å². The van der Waals surface area contributed by atoms with Crippen molar-refractivity contribution in [2.75, 3.05) is 24.2 Å². The molecule has 2 amide bonds. The minimum absolute atomic E-state index is 0.0969. The highest BCUT2D eigenvalue weighted by atomic mass is 32.2. The van der Waals surface area contributed by atoms with Crippen molar-refractivity contribution in [3.05, 3.63) is 41.7 Å². The van der Waals surface area contributed by atoms with E-state index in [1.54, 1.807) is 24.3 Å². The van der Waals surface area contributed by atoms with Gasteiger partial charge in [0.1, 0.15) is 5.75 Å². The number of hydrogen-bond donors (Lipinski definition) is 2. The van der Waals surface area contributed by atoms with E-state index in [1.165, 1.54) is 11.8 Å². The largest absolute Gasteiger partial charge is 0.494 e. The molecule has 1 aromatic heterocycles. The number of thioether (sulfide) groups is 1. The molecular formula is C18H22N4O3S. The van der Waals surface area contributed by atoms with E-state index in [-0.39, 0.29) is 24.1 Å². The number of nitrogens with zero attached hydrogens (tertiary/aromatic N) is 2. The van der Waals surface area contributed by atoms with Crippen molar-refractivity contribution < 1.29 is 14.3 Å². The fourth-order valence-electron chi connectivity index (χ4n) is 2.12. The first-order chi connectivity index (χ1) is 12.5. The Bertz CT molecular complexity index is 745. The lowest BCUT2D eigenvalue weighted by Gasteiger charge is -2.08. The number of amides is 2. The third-order valence-corrected chi connectivity index (χ3v) is 4.04. The molecule has 0 fully saturated rings. The molecule has 0 spiro atoms. The zero-order valence-corrected chi connectivity index (χ0v) is 15.9. The van der Waals surface area contributed by atoms with Crippen LogP contribution in [0.3, 0.4) is 0 Å². The Kier molecular flexibility index (Phi) is 7.40. The number of aromatic nitrogens is 2. The highest BCUT2D eigenvalue weighted by Crippen LogP contribution is 2.15. The molecule has 0 atom stereocenters. The maximum absolute atomic E-state index is 11.9. The molecule has 8 heteroatoms. The van der Waals surface area contributed by atoms with E-state index in [0.29, 0.717) is 17.5 Å². The lowest BCUT2D eigenvalue weighted by Crippen LogP contribution is -2.33. The van der Waals surface area contributed by atoms with Crippen LogP contribution in [-0.2, 0) is 9.59 Å². The van der Waals surface area contributed by atoms with Crippen LogP contribution in [0.4, 0.5) is 5.69 Å². The number of carbonyl (C=O) groups is 2. The predicted molar refractivity (Wildman–Crippen MR) is 101 cm³/mol. The first-order valence-corrected chi connectivity index (χ1v) is 9.19. The second kappa shape index (κ2) is 9.76. The summed E-state index contributed by atoms with van der Waals surface area (Å²) < 4.78 is 5.34. The van der Waals surface area contributed by atoms with Crippen molar-refractivity contribution in [1.29, 1.82) is 0 Å². The van der Waals surface area contributed by atoms with Crippen LogP contribution in [0, 0.1) is 13.8 Å². The van der Waals surface area contributed by atoms with Crippen molar-refractivity contribution in [2.24, 2.45) is 0 Å². The van der Waals surface area contributed by atoms with Gasteiger partial charge in [0.2, 0.25) is 11.8 Å². The lowest BCUT2D eigenvalue weighted by atomic mass is 10.3. The number of anilines is 1. The summed E-state index contributed by atoms with van der Waals surface area (Å²) in [6, 6.07) is 8.92. The topological polar surface area (TPSA) is 93.2 Å². The van der Waals surface area contributed by atoms with Gasteiger partial charge < -0.3 is 15.4 Å². The van der Waals surface area contributed by atoms with Crippen molar-refractivity contribution in [1.82, 2.24) is 15.3 Å². The normalized spacial score (nSPS) is 10.3. The zero-order valence-electron chi connectivity index (χ0n) is 15.0. The third kappa shape index (κ3) is 6.72. The Hall–Kier alpha value is -2.61. The number of benzene rings is 1. The van der Waals surface area contributed by atoms with Crippen LogP contribution in [0.5, 0.6) is 5.75 Å². The minimum Gasteiger partial charge on any atom is -0.494 e. The van der Waals surface area contributed by atoms with Gasteiger partial charge in [0.05, 0.1) is 18.9 Å². The van der Waals surface area contributed by atoms with Crippen molar-refractivity contribution >= 4 is 29.3 Å². The van der Waals surface area contributed by atoms with Gasteiger partial charge in [-0.25, -0.2) is 9.97 Å². The SMILES string of the molecule is CCOc1ccc(NC(=O)CNC(=O)CSc2nc(C)cc(C)n2)cc1. The molecule has 0 bridgehead atoms. The van der Waals surface area contributed by atoms with Gasteiger partial charge in [0, 0.05) is 17.1 Å². The van der Waals surface area contributed by atoms with Gasteiger partial charge in [-0.05, 0) is 51.1 Å². The molecule has 2 rings (SSSR count). The molecule has 0 unspecified atom stereocenters. The second-order valence-corrected chi connectivity index (χ2v) is 6.45. The van der Waals surface area contributed by atoms with Gasteiger partial charge in [-0.3, -0.25) is 9.59 Å². The number of nitrogens with one attached hydrogen (secondary N) is 2. The van der Waals surface area contributed by atoms with E-state index in [1.807, 2.05) is 26.8 Å². The molecule has 0 aliphatic carbocycles. The van der Waals surface area contributed by atoms with Gasteiger partial charge in [-0.1, -0.05) is 11.8 Å². The van der Waals surface area contributed by atoms with Crippen molar-refractivity contribution in [3.63, 3.8) is 0 Å². The maximum Gasteiger partial charge on any atom is 0.243 e. The van der Waals surface area contributed by atoms with Crippen LogP contribution in [0.15, 0.2) is 35.5 Å². The maximum atomic E-state index is 11.9. The smallest absolute Gasteiger partial charge is 0.243 e. The Morgan fingerprint density at radius 2 is 1.73 bits per heavy atom. The quantitative estimate of drug-likeness (QED) is 0.544. The Labute approximate surface area is 157 Å². The first kappa shape index (κ1) is 19.7. The first-order valence-electron chi connectivity index (χ1n) is 8.20. The van der Waals surface area contributed by atoms with E-state index in [0.717, 1.165) is 17.1 Å². The fourth-order valence-corrected chi connectivity index (χ4v) is 2.90. The van der Waals surface area contributed by atoms with Crippen LogP contribution in [0.25, 0.3) is 0 Å². The average molecular weight is 374 g/mol. The third-order valence-electron chi connectivity index (χ3n) is 3.19. The second-order valence-electron chi connectivity index (χ2n) is 5.50. The summed E-state index contributed by atoms with van der Waals surface area (Å²) in [4.78, 5) is 32.3. The molecule has 26 heavy (non-hydrogen) atoms. The van der Waals surface area contributed by atoms with Gasteiger partial charge in [-0.15, -0.1) is 0 Å². The Morgan fingerprint density at radius 1 is 1.08 bits per heavy atom. The molecule has 2 aromatic rings. The molecule has 0 saturated carbocycles. The Balaban J connectivity index is 1.73. The number of rotatable bonds is 8. The molecule has 2 N–H and O–H groups in total. The van der Waals surface area contributed by atoms with Crippen LogP contribution >= 0.6 is 11.8 Å². The Morgan fingerprint density at radius 3 is 2.35 bits per heavy atom. The van der Waals surface area contributed by atoms with Crippen LogP contribution in [0.1, 0.15) is 18.3 Å². The molecular weight excluding hydrogens is 352 g/mol. The van der Waals surface area contributed by atoms with Gasteiger partial charge in [-0.2, -0.15) is 0 Å². The fraction of sp³-hybridized carbons (Fsp3) is 0.333. The monoisotopic (exact) mass is 374 g/mol. The van der Waals surface area contributed by atoms with Crippen molar-refractivity contribution in [3.8, 4) is 5.75 Å².